The number of benzene rings is 2. The number of nitrogens with zero attached hydrogens (tertiary/aromatic N) is 2. The molecule has 1 saturated heterocycles. The zero-order chi connectivity index (χ0) is 17.1. The Bertz CT molecular complexity index is 671. The Balaban J connectivity index is 0.000000815. The summed E-state index contributed by atoms with van der Waals surface area (Å²) in [7, 11) is 0. The van der Waals surface area contributed by atoms with Crippen LogP contribution in [0.15, 0.2) is 53.0 Å². The van der Waals surface area contributed by atoms with E-state index in [1.807, 2.05) is 13.8 Å². The molecule has 128 valence electrons. The van der Waals surface area contributed by atoms with Crippen LogP contribution < -0.4 is 0 Å². The molecular weight excluding hydrogens is 360 g/mol. The SMILES string of the molecule is CC.CC1CN(Cc2ccccc2)CC2c3ccc(Br)cc3CN12. The van der Waals surface area contributed by atoms with Gasteiger partial charge in [0.25, 0.3) is 0 Å². The van der Waals surface area contributed by atoms with Crippen LogP contribution in [0.3, 0.4) is 0 Å². The van der Waals surface area contributed by atoms with Crippen LogP contribution in [-0.2, 0) is 13.1 Å². The fourth-order valence-electron chi connectivity index (χ4n) is 3.96. The Morgan fingerprint density at radius 3 is 2.54 bits per heavy atom. The monoisotopic (exact) mass is 386 g/mol. The standard InChI is InChI=1S/C19H21BrN2.C2H6/c1-14-10-21(11-15-5-3-2-4-6-15)13-19-18-8-7-17(20)9-16(18)12-22(14)19;1-2/h2-9,14,19H,10-13H2,1H3;1-2H3. The average Bonchev–Trinajstić information content (AvgIpc) is 2.96. The van der Waals surface area contributed by atoms with Gasteiger partial charge in [-0.15, -0.1) is 0 Å². The van der Waals surface area contributed by atoms with Gasteiger partial charge >= 0.3 is 0 Å². The fraction of sp³-hybridized carbons (Fsp3) is 0.429. The van der Waals surface area contributed by atoms with Gasteiger partial charge in [-0.2, -0.15) is 0 Å². The molecule has 3 heteroatoms. The van der Waals surface area contributed by atoms with E-state index in [0.29, 0.717) is 12.1 Å². The molecule has 2 heterocycles. The molecule has 2 aliphatic rings. The highest BCUT2D eigenvalue weighted by atomic mass is 79.9. The summed E-state index contributed by atoms with van der Waals surface area (Å²) in [6, 6.07) is 18.8. The van der Waals surface area contributed by atoms with Gasteiger partial charge in [-0.1, -0.05) is 66.2 Å². The Hall–Kier alpha value is -1.16. The summed E-state index contributed by atoms with van der Waals surface area (Å²) in [6.45, 7) is 10.8. The lowest BCUT2D eigenvalue weighted by Crippen LogP contribution is -2.50. The molecule has 2 aliphatic heterocycles. The van der Waals surface area contributed by atoms with Crippen molar-refractivity contribution in [2.24, 2.45) is 0 Å². The van der Waals surface area contributed by atoms with Crippen molar-refractivity contribution in [1.29, 1.82) is 0 Å². The van der Waals surface area contributed by atoms with Crippen molar-refractivity contribution in [3.05, 3.63) is 69.7 Å². The second-order valence-corrected chi connectivity index (χ2v) is 7.48. The number of piperazine rings is 1. The molecule has 1 fully saturated rings. The van der Waals surface area contributed by atoms with Gasteiger partial charge in [0, 0.05) is 42.7 Å². The number of rotatable bonds is 2. The van der Waals surface area contributed by atoms with Crippen LogP contribution in [0, 0.1) is 0 Å². The van der Waals surface area contributed by atoms with E-state index in [0.717, 1.165) is 26.2 Å². The summed E-state index contributed by atoms with van der Waals surface area (Å²) in [5, 5.41) is 0. The highest BCUT2D eigenvalue weighted by Gasteiger charge is 2.38. The summed E-state index contributed by atoms with van der Waals surface area (Å²) < 4.78 is 1.19. The van der Waals surface area contributed by atoms with Gasteiger partial charge in [-0.05, 0) is 35.7 Å². The van der Waals surface area contributed by atoms with Crippen molar-refractivity contribution in [1.82, 2.24) is 9.80 Å². The third-order valence-corrected chi connectivity index (χ3v) is 5.48. The zero-order valence-electron chi connectivity index (χ0n) is 14.9. The second-order valence-electron chi connectivity index (χ2n) is 6.56. The maximum atomic E-state index is 3.61. The molecule has 0 amide bonds. The summed E-state index contributed by atoms with van der Waals surface area (Å²) >= 11 is 3.61. The van der Waals surface area contributed by atoms with Gasteiger partial charge < -0.3 is 0 Å². The van der Waals surface area contributed by atoms with Gasteiger partial charge in [-0.3, -0.25) is 9.80 Å². The second kappa shape index (κ2) is 7.81. The number of fused-ring (bicyclic) bond motifs is 3. The largest absolute Gasteiger partial charge is 0.296 e. The van der Waals surface area contributed by atoms with E-state index in [-0.39, 0.29) is 0 Å². The lowest BCUT2D eigenvalue weighted by atomic mass is 10.0. The van der Waals surface area contributed by atoms with Crippen molar-refractivity contribution >= 4 is 15.9 Å². The van der Waals surface area contributed by atoms with Crippen LogP contribution in [0.4, 0.5) is 0 Å². The van der Waals surface area contributed by atoms with Crippen molar-refractivity contribution in [3.63, 3.8) is 0 Å². The lowest BCUT2D eigenvalue weighted by molar-refractivity contribution is 0.0339. The van der Waals surface area contributed by atoms with E-state index < -0.39 is 0 Å². The highest BCUT2D eigenvalue weighted by Crippen LogP contribution is 2.39. The average molecular weight is 387 g/mol. The Morgan fingerprint density at radius 1 is 1.04 bits per heavy atom. The molecule has 0 radical (unpaired) electrons. The molecule has 2 atom stereocenters. The third kappa shape index (κ3) is 3.58. The van der Waals surface area contributed by atoms with Crippen LogP contribution in [-0.4, -0.2) is 28.9 Å². The van der Waals surface area contributed by atoms with Crippen LogP contribution in [0.5, 0.6) is 0 Å². The Morgan fingerprint density at radius 2 is 1.79 bits per heavy atom. The topological polar surface area (TPSA) is 6.48 Å². The van der Waals surface area contributed by atoms with E-state index in [4.69, 9.17) is 0 Å². The predicted molar refractivity (Wildman–Crippen MR) is 105 cm³/mol. The molecule has 2 aromatic carbocycles. The maximum Gasteiger partial charge on any atom is 0.0485 e. The van der Waals surface area contributed by atoms with Gasteiger partial charge in [-0.25, -0.2) is 0 Å². The van der Waals surface area contributed by atoms with E-state index in [1.54, 1.807) is 0 Å². The molecule has 2 nitrogen and oxygen atoms in total. The van der Waals surface area contributed by atoms with E-state index in [2.05, 4.69) is 81.2 Å². The molecular formula is C21H27BrN2. The van der Waals surface area contributed by atoms with Crippen LogP contribution in [0.1, 0.15) is 43.5 Å². The van der Waals surface area contributed by atoms with Gasteiger partial charge in [0.1, 0.15) is 0 Å². The first-order chi connectivity index (χ1) is 11.7. The zero-order valence-corrected chi connectivity index (χ0v) is 16.5. The van der Waals surface area contributed by atoms with E-state index >= 15 is 0 Å². The van der Waals surface area contributed by atoms with Crippen LogP contribution in [0.2, 0.25) is 0 Å². The van der Waals surface area contributed by atoms with Crippen molar-refractivity contribution < 1.29 is 0 Å². The lowest BCUT2D eigenvalue weighted by Gasteiger charge is -2.42. The molecule has 0 saturated carbocycles. The number of halogens is 1. The number of hydrogen-bond donors (Lipinski definition) is 0. The molecule has 2 aromatic rings. The van der Waals surface area contributed by atoms with Crippen LogP contribution >= 0.6 is 15.9 Å². The summed E-state index contributed by atoms with van der Waals surface area (Å²) in [4.78, 5) is 5.27. The van der Waals surface area contributed by atoms with Crippen molar-refractivity contribution in [3.8, 4) is 0 Å². The third-order valence-electron chi connectivity index (χ3n) is 4.99. The first-order valence-electron chi connectivity index (χ1n) is 9.01. The molecule has 4 rings (SSSR count). The van der Waals surface area contributed by atoms with Crippen molar-refractivity contribution in [2.45, 2.75) is 45.9 Å². The summed E-state index contributed by atoms with van der Waals surface area (Å²) in [5.41, 5.74) is 4.43. The molecule has 2 unspecified atom stereocenters. The van der Waals surface area contributed by atoms with Gasteiger partial charge in [0.05, 0.1) is 0 Å². The Labute approximate surface area is 154 Å². The number of hydrogen-bond acceptors (Lipinski definition) is 2. The molecule has 24 heavy (non-hydrogen) atoms. The fourth-order valence-corrected chi connectivity index (χ4v) is 4.36. The molecule has 0 spiro atoms. The first-order valence-corrected chi connectivity index (χ1v) is 9.80. The maximum absolute atomic E-state index is 3.61. The highest BCUT2D eigenvalue weighted by molar-refractivity contribution is 9.10. The van der Waals surface area contributed by atoms with E-state index in [9.17, 15) is 0 Å². The molecule has 0 aliphatic carbocycles. The molecule has 0 bridgehead atoms. The van der Waals surface area contributed by atoms with E-state index in [1.165, 1.54) is 21.2 Å². The smallest absolute Gasteiger partial charge is 0.0485 e. The normalized spacial score (nSPS) is 23.2. The quantitative estimate of drug-likeness (QED) is 0.696. The summed E-state index contributed by atoms with van der Waals surface area (Å²) in [5.74, 6) is 0. The first kappa shape index (κ1) is 17.7. The predicted octanol–water partition coefficient (Wildman–Crippen LogP) is 5.24. The Kier molecular flexibility index (Phi) is 5.75. The van der Waals surface area contributed by atoms with Gasteiger partial charge in [0.2, 0.25) is 0 Å². The van der Waals surface area contributed by atoms with Crippen molar-refractivity contribution in [2.75, 3.05) is 13.1 Å². The minimum absolute atomic E-state index is 0.551. The minimum Gasteiger partial charge on any atom is -0.296 e. The summed E-state index contributed by atoms with van der Waals surface area (Å²) in [6.07, 6.45) is 0. The van der Waals surface area contributed by atoms with Gasteiger partial charge in [0.15, 0.2) is 0 Å². The van der Waals surface area contributed by atoms with Crippen LogP contribution in [0.25, 0.3) is 0 Å². The minimum atomic E-state index is 0.551. The molecule has 0 aromatic heterocycles. The molecule has 0 N–H and O–H groups in total.